The van der Waals surface area contributed by atoms with E-state index in [0.29, 0.717) is 17.9 Å². The number of aliphatic hydroxyl groups excluding tert-OH is 1. The first kappa shape index (κ1) is 14.1. The number of hydrogen-bond acceptors (Lipinski definition) is 4. The summed E-state index contributed by atoms with van der Waals surface area (Å²) in [4.78, 5) is 24.8. The molecule has 0 saturated heterocycles. The van der Waals surface area contributed by atoms with Crippen molar-refractivity contribution >= 4 is 17.4 Å². The Morgan fingerprint density at radius 3 is 2.25 bits per heavy atom. The van der Waals surface area contributed by atoms with Crippen LogP contribution in [-0.2, 0) is 9.59 Å². The lowest BCUT2D eigenvalue weighted by atomic mass is 10.1. The molecule has 1 aliphatic heterocycles. The molecule has 106 valence electrons. The monoisotopic (exact) mass is 275 g/mol. The number of ether oxygens (including phenoxy) is 1. The van der Waals surface area contributed by atoms with Gasteiger partial charge in [-0.2, -0.15) is 0 Å². The smallest absolute Gasteiger partial charge is 0.296 e. The number of carbonyl (C=O) groups is 2. The summed E-state index contributed by atoms with van der Waals surface area (Å²) >= 11 is 0. The van der Waals surface area contributed by atoms with Crippen LogP contribution in [-0.4, -0.2) is 35.0 Å². The molecule has 2 amide bonds. The molecule has 0 spiro atoms. The number of imide groups is 1. The highest BCUT2D eigenvalue weighted by Crippen LogP contribution is 2.28. The fourth-order valence-electron chi connectivity index (χ4n) is 2.05. The minimum Gasteiger partial charge on any atom is -0.502 e. The molecule has 0 unspecified atom stereocenters. The number of aliphatic hydroxyl groups is 1. The van der Waals surface area contributed by atoms with E-state index in [0.717, 1.165) is 11.3 Å². The number of nitrogens with zero attached hydrogens (tertiary/aromatic N) is 1. The molecule has 20 heavy (non-hydrogen) atoms. The highest BCUT2D eigenvalue weighted by molar-refractivity contribution is 6.34. The Kier molecular flexibility index (Phi) is 4.08. The third-order valence-corrected chi connectivity index (χ3v) is 3.08. The van der Waals surface area contributed by atoms with Crippen molar-refractivity contribution in [1.82, 2.24) is 4.90 Å². The zero-order valence-corrected chi connectivity index (χ0v) is 11.5. The van der Waals surface area contributed by atoms with Crippen LogP contribution in [0.4, 0.5) is 0 Å². The van der Waals surface area contributed by atoms with Gasteiger partial charge in [-0.25, -0.2) is 0 Å². The van der Waals surface area contributed by atoms with E-state index >= 15 is 0 Å². The summed E-state index contributed by atoms with van der Waals surface area (Å²) in [6.45, 7) is 4.56. The van der Waals surface area contributed by atoms with Crippen LogP contribution < -0.4 is 4.74 Å². The molecular formula is C15H17NO4. The van der Waals surface area contributed by atoms with Gasteiger partial charge in [0.2, 0.25) is 0 Å². The normalized spacial score (nSPS) is 15.2. The second-order valence-electron chi connectivity index (χ2n) is 4.45. The zero-order valence-electron chi connectivity index (χ0n) is 11.5. The minimum atomic E-state index is -0.640. The summed E-state index contributed by atoms with van der Waals surface area (Å²) < 4.78 is 5.45. The molecule has 0 bridgehead atoms. The molecule has 0 radical (unpaired) electrons. The van der Waals surface area contributed by atoms with Gasteiger partial charge in [0.05, 0.1) is 12.2 Å². The van der Waals surface area contributed by atoms with Crippen molar-refractivity contribution in [1.29, 1.82) is 0 Å². The van der Waals surface area contributed by atoms with Crippen LogP contribution in [0.15, 0.2) is 30.0 Å². The Morgan fingerprint density at radius 1 is 1.10 bits per heavy atom. The lowest BCUT2D eigenvalue weighted by Gasteiger charge is -2.10. The van der Waals surface area contributed by atoms with Crippen LogP contribution in [0.3, 0.4) is 0 Å². The molecule has 0 aromatic heterocycles. The number of rotatable bonds is 5. The Balaban J connectivity index is 2.27. The second kappa shape index (κ2) is 5.77. The molecule has 0 aliphatic carbocycles. The maximum atomic E-state index is 12.1. The van der Waals surface area contributed by atoms with E-state index in [1.165, 1.54) is 0 Å². The second-order valence-corrected chi connectivity index (χ2v) is 4.45. The van der Waals surface area contributed by atoms with Gasteiger partial charge in [-0.15, -0.1) is 0 Å². The first-order valence-electron chi connectivity index (χ1n) is 6.62. The van der Waals surface area contributed by atoms with Gasteiger partial charge in [-0.3, -0.25) is 14.5 Å². The number of benzene rings is 1. The van der Waals surface area contributed by atoms with E-state index in [2.05, 4.69) is 0 Å². The zero-order chi connectivity index (χ0) is 14.7. The molecule has 2 rings (SSSR count). The van der Waals surface area contributed by atoms with Gasteiger partial charge in [0.25, 0.3) is 11.8 Å². The van der Waals surface area contributed by atoms with Crippen LogP contribution in [0, 0.1) is 0 Å². The van der Waals surface area contributed by atoms with Gasteiger partial charge in [-0.05, 0) is 31.0 Å². The average molecular weight is 275 g/mol. The van der Waals surface area contributed by atoms with Gasteiger partial charge in [-0.1, -0.05) is 19.1 Å². The lowest BCUT2D eigenvalue weighted by molar-refractivity contribution is -0.137. The molecule has 5 nitrogen and oxygen atoms in total. The third kappa shape index (κ3) is 2.39. The molecular weight excluding hydrogens is 258 g/mol. The van der Waals surface area contributed by atoms with E-state index in [-0.39, 0.29) is 12.1 Å². The van der Waals surface area contributed by atoms with Crippen LogP contribution >= 0.6 is 0 Å². The first-order chi connectivity index (χ1) is 9.60. The molecule has 0 fully saturated rings. The van der Waals surface area contributed by atoms with Gasteiger partial charge in [0, 0.05) is 6.54 Å². The quantitative estimate of drug-likeness (QED) is 0.836. The summed E-state index contributed by atoms with van der Waals surface area (Å²) in [7, 11) is 0. The summed E-state index contributed by atoms with van der Waals surface area (Å²) in [6, 6.07) is 6.77. The third-order valence-electron chi connectivity index (χ3n) is 3.08. The topological polar surface area (TPSA) is 66.8 Å². The number of amides is 2. The van der Waals surface area contributed by atoms with E-state index in [1.807, 2.05) is 6.92 Å². The number of hydrogen-bond donors (Lipinski definition) is 1. The summed E-state index contributed by atoms with van der Waals surface area (Å²) in [6.07, 6.45) is 0.909. The fourth-order valence-corrected chi connectivity index (χ4v) is 2.05. The number of carbonyl (C=O) groups excluding carboxylic acids is 2. The fraction of sp³-hybridized carbons (Fsp3) is 0.333. The molecule has 5 heteroatoms. The van der Waals surface area contributed by atoms with Crippen molar-refractivity contribution in [2.75, 3.05) is 13.2 Å². The maximum Gasteiger partial charge on any atom is 0.296 e. The number of likely N-dealkylation sites (N-methyl/N-ethyl adjacent to an activating group) is 1. The van der Waals surface area contributed by atoms with Crippen molar-refractivity contribution in [3.63, 3.8) is 0 Å². The van der Waals surface area contributed by atoms with Gasteiger partial charge >= 0.3 is 0 Å². The van der Waals surface area contributed by atoms with Gasteiger partial charge in [0.1, 0.15) is 5.75 Å². The predicted octanol–water partition coefficient (Wildman–Crippen LogP) is 2.13. The molecule has 1 aliphatic rings. The molecule has 1 aromatic rings. The molecule has 1 aromatic carbocycles. The molecule has 0 atom stereocenters. The molecule has 1 heterocycles. The summed E-state index contributed by atoms with van der Waals surface area (Å²) in [5, 5.41) is 9.83. The first-order valence-corrected chi connectivity index (χ1v) is 6.62. The van der Waals surface area contributed by atoms with Crippen molar-refractivity contribution in [3.8, 4) is 5.75 Å². The van der Waals surface area contributed by atoms with Crippen LogP contribution in [0.5, 0.6) is 5.75 Å². The molecule has 1 N–H and O–H groups in total. The van der Waals surface area contributed by atoms with E-state index in [1.54, 1.807) is 31.2 Å². The highest BCUT2D eigenvalue weighted by Gasteiger charge is 2.38. The van der Waals surface area contributed by atoms with Gasteiger partial charge in [0.15, 0.2) is 5.76 Å². The average Bonchev–Trinajstić information content (AvgIpc) is 2.67. The SMILES string of the molecule is CCCOc1ccc(C2=C(O)C(=O)N(CC)C2=O)cc1. The van der Waals surface area contributed by atoms with Crippen LogP contribution in [0.2, 0.25) is 0 Å². The summed E-state index contributed by atoms with van der Waals surface area (Å²) in [5.74, 6) is -0.894. The van der Waals surface area contributed by atoms with Crippen LogP contribution in [0.1, 0.15) is 25.8 Å². The van der Waals surface area contributed by atoms with E-state index in [9.17, 15) is 14.7 Å². The highest BCUT2D eigenvalue weighted by atomic mass is 16.5. The van der Waals surface area contributed by atoms with Crippen LogP contribution in [0.25, 0.3) is 5.57 Å². The maximum absolute atomic E-state index is 12.1. The van der Waals surface area contributed by atoms with E-state index in [4.69, 9.17) is 4.74 Å². The van der Waals surface area contributed by atoms with Crippen molar-refractivity contribution in [2.45, 2.75) is 20.3 Å². The van der Waals surface area contributed by atoms with Crippen molar-refractivity contribution in [3.05, 3.63) is 35.6 Å². The Hall–Kier alpha value is -2.30. The minimum absolute atomic E-state index is 0.0545. The van der Waals surface area contributed by atoms with E-state index < -0.39 is 17.6 Å². The summed E-state index contributed by atoms with van der Waals surface area (Å²) in [5.41, 5.74) is 0.569. The van der Waals surface area contributed by atoms with Crippen molar-refractivity contribution < 1.29 is 19.4 Å². The van der Waals surface area contributed by atoms with Gasteiger partial charge < -0.3 is 9.84 Å². The molecule has 0 saturated carbocycles. The predicted molar refractivity (Wildman–Crippen MR) is 74.2 cm³/mol. The Labute approximate surface area is 117 Å². The largest absolute Gasteiger partial charge is 0.502 e. The lowest BCUT2D eigenvalue weighted by Crippen LogP contribution is -2.31. The Morgan fingerprint density at radius 2 is 1.75 bits per heavy atom. The van der Waals surface area contributed by atoms with Crippen molar-refractivity contribution in [2.24, 2.45) is 0 Å². The Bertz CT molecular complexity index is 560. The standard InChI is InChI=1S/C15H17NO4/c1-3-9-20-11-7-5-10(6-8-11)12-13(17)15(19)16(4-2)14(12)18/h5-8,17H,3-4,9H2,1-2H3.